The summed E-state index contributed by atoms with van der Waals surface area (Å²) in [7, 11) is 0. The quantitative estimate of drug-likeness (QED) is 0.931. The average molecular weight is 301 g/mol. The number of amides is 1. The van der Waals surface area contributed by atoms with Crippen molar-refractivity contribution in [1.29, 1.82) is 0 Å². The molecule has 3 rings (SSSR count). The number of nitrogens with one attached hydrogen (secondary N) is 1. The molecule has 19 heavy (non-hydrogen) atoms. The van der Waals surface area contributed by atoms with E-state index in [1.54, 1.807) is 11.3 Å². The van der Waals surface area contributed by atoms with Crippen molar-refractivity contribution < 1.29 is 4.79 Å². The fourth-order valence-corrected chi connectivity index (χ4v) is 3.81. The summed E-state index contributed by atoms with van der Waals surface area (Å²) in [5.41, 5.74) is 0. The summed E-state index contributed by atoms with van der Waals surface area (Å²) in [6, 6.07) is 4.59. The number of carbonyl (C=O) groups excluding carboxylic acids is 1. The molecule has 2 unspecified atom stereocenters. The number of halogens is 1. The van der Waals surface area contributed by atoms with Gasteiger partial charge in [0.25, 0.3) is 0 Å². The predicted octanol–water partition coefficient (Wildman–Crippen LogP) is 2.69. The second-order valence-corrected chi connectivity index (χ2v) is 6.39. The molecule has 2 atom stereocenters. The maximum absolute atomic E-state index is 12.6. The van der Waals surface area contributed by atoms with Crippen LogP contribution in [0.15, 0.2) is 17.5 Å². The summed E-state index contributed by atoms with van der Waals surface area (Å²) < 4.78 is 0. The second kappa shape index (κ2) is 6.25. The summed E-state index contributed by atoms with van der Waals surface area (Å²) in [6.07, 6.45) is 2.27. The average Bonchev–Trinajstić information content (AvgIpc) is 2.95. The summed E-state index contributed by atoms with van der Waals surface area (Å²) in [6.45, 7) is 5.04. The van der Waals surface area contributed by atoms with Gasteiger partial charge in [0.1, 0.15) is 0 Å². The Kier molecular flexibility index (Phi) is 4.87. The van der Waals surface area contributed by atoms with Gasteiger partial charge in [0, 0.05) is 17.3 Å². The van der Waals surface area contributed by atoms with Gasteiger partial charge in [0.15, 0.2) is 0 Å². The van der Waals surface area contributed by atoms with E-state index in [1.165, 1.54) is 4.88 Å². The van der Waals surface area contributed by atoms with Crippen LogP contribution in [0.1, 0.15) is 30.7 Å². The number of rotatable bonds is 3. The van der Waals surface area contributed by atoms with Crippen molar-refractivity contribution in [1.82, 2.24) is 10.2 Å². The highest BCUT2D eigenvalue weighted by Gasteiger charge is 2.37. The summed E-state index contributed by atoms with van der Waals surface area (Å²) in [5.74, 6) is 1.08. The fourth-order valence-electron chi connectivity index (χ4n) is 2.93. The van der Waals surface area contributed by atoms with E-state index < -0.39 is 0 Å². The molecule has 0 spiro atoms. The van der Waals surface area contributed by atoms with E-state index in [9.17, 15) is 4.79 Å². The minimum atomic E-state index is 0. The zero-order valence-corrected chi connectivity index (χ0v) is 12.8. The molecule has 2 fully saturated rings. The number of likely N-dealkylation sites (tertiary alicyclic amines) is 1. The Morgan fingerprint density at radius 2 is 2.32 bits per heavy atom. The molecule has 0 saturated carbocycles. The third-order valence-electron chi connectivity index (χ3n) is 4.32. The number of hydrogen-bond acceptors (Lipinski definition) is 3. The van der Waals surface area contributed by atoms with Crippen LogP contribution < -0.4 is 5.32 Å². The highest BCUT2D eigenvalue weighted by molar-refractivity contribution is 7.10. The number of thiophene rings is 1. The van der Waals surface area contributed by atoms with E-state index in [0.717, 1.165) is 32.5 Å². The first-order valence-corrected chi connectivity index (χ1v) is 7.70. The van der Waals surface area contributed by atoms with E-state index >= 15 is 0 Å². The molecule has 1 N–H and O–H groups in total. The summed E-state index contributed by atoms with van der Waals surface area (Å²) in [4.78, 5) is 16.1. The minimum Gasteiger partial charge on any atom is -0.335 e. The lowest BCUT2D eigenvalue weighted by atomic mass is 9.88. The van der Waals surface area contributed by atoms with Gasteiger partial charge in [-0.3, -0.25) is 4.79 Å². The molecule has 0 aromatic carbocycles. The normalized spacial score (nSPS) is 24.7. The Labute approximate surface area is 124 Å². The second-order valence-electron chi connectivity index (χ2n) is 5.41. The first-order valence-electron chi connectivity index (χ1n) is 6.82. The lowest BCUT2D eigenvalue weighted by Crippen LogP contribution is -2.50. The van der Waals surface area contributed by atoms with Crippen LogP contribution in [0.2, 0.25) is 0 Å². The van der Waals surface area contributed by atoms with Gasteiger partial charge >= 0.3 is 0 Å². The Hall–Kier alpha value is -0.580. The molecule has 106 valence electrons. The number of nitrogens with zero attached hydrogens (tertiary/aromatic N) is 1. The van der Waals surface area contributed by atoms with Crippen molar-refractivity contribution in [2.45, 2.75) is 25.8 Å². The molecule has 3 heterocycles. The highest BCUT2D eigenvalue weighted by atomic mass is 35.5. The van der Waals surface area contributed by atoms with Crippen molar-refractivity contribution in [3.63, 3.8) is 0 Å². The maximum atomic E-state index is 12.6. The van der Waals surface area contributed by atoms with Gasteiger partial charge in [0.05, 0.1) is 6.04 Å². The van der Waals surface area contributed by atoms with Gasteiger partial charge in [-0.2, -0.15) is 0 Å². The van der Waals surface area contributed by atoms with E-state index in [2.05, 4.69) is 34.7 Å². The molecule has 3 nitrogen and oxygen atoms in total. The molecule has 1 aromatic rings. The van der Waals surface area contributed by atoms with Crippen LogP contribution in [0.4, 0.5) is 0 Å². The summed E-state index contributed by atoms with van der Waals surface area (Å²) >= 11 is 1.77. The van der Waals surface area contributed by atoms with Crippen molar-refractivity contribution in [2.24, 2.45) is 11.8 Å². The van der Waals surface area contributed by atoms with Crippen LogP contribution in [-0.2, 0) is 4.79 Å². The first-order chi connectivity index (χ1) is 8.77. The lowest BCUT2D eigenvalue weighted by molar-refractivity contribution is -0.138. The molecule has 0 aliphatic carbocycles. The van der Waals surface area contributed by atoms with Crippen molar-refractivity contribution in [2.75, 3.05) is 19.6 Å². The monoisotopic (exact) mass is 300 g/mol. The number of carbonyl (C=O) groups is 1. The van der Waals surface area contributed by atoms with Gasteiger partial charge in [0.2, 0.25) is 5.91 Å². The first kappa shape index (κ1) is 14.8. The topological polar surface area (TPSA) is 32.3 Å². The molecule has 0 radical (unpaired) electrons. The molecule has 2 aliphatic heterocycles. The largest absolute Gasteiger partial charge is 0.335 e. The van der Waals surface area contributed by atoms with Crippen LogP contribution in [0.3, 0.4) is 0 Å². The maximum Gasteiger partial charge on any atom is 0.226 e. The van der Waals surface area contributed by atoms with Crippen LogP contribution in [0.5, 0.6) is 0 Å². The van der Waals surface area contributed by atoms with Crippen molar-refractivity contribution >= 4 is 29.7 Å². The van der Waals surface area contributed by atoms with Crippen molar-refractivity contribution in [3.8, 4) is 0 Å². The van der Waals surface area contributed by atoms with E-state index in [4.69, 9.17) is 0 Å². The minimum absolute atomic E-state index is 0. The Balaban J connectivity index is 0.00000133. The van der Waals surface area contributed by atoms with Crippen LogP contribution >= 0.6 is 23.7 Å². The van der Waals surface area contributed by atoms with Crippen LogP contribution in [0, 0.1) is 11.8 Å². The zero-order chi connectivity index (χ0) is 12.5. The van der Waals surface area contributed by atoms with E-state index in [0.29, 0.717) is 17.9 Å². The molecule has 2 saturated heterocycles. The smallest absolute Gasteiger partial charge is 0.226 e. The van der Waals surface area contributed by atoms with Gasteiger partial charge < -0.3 is 10.2 Å². The molecular weight excluding hydrogens is 280 g/mol. The lowest BCUT2D eigenvalue weighted by Gasteiger charge is -2.35. The Morgan fingerprint density at radius 3 is 2.89 bits per heavy atom. The SMILES string of the molecule is CC(C(=O)N1CCCC1c1cccs1)C1CNC1.Cl. The van der Waals surface area contributed by atoms with Gasteiger partial charge in [-0.15, -0.1) is 23.7 Å². The fraction of sp³-hybridized carbons (Fsp3) is 0.643. The van der Waals surface area contributed by atoms with Crippen molar-refractivity contribution in [3.05, 3.63) is 22.4 Å². The standard InChI is InChI=1S/C14H20N2OS.ClH/c1-10(11-8-15-9-11)14(17)16-6-2-4-12(16)13-5-3-7-18-13;/h3,5,7,10-12,15H,2,4,6,8-9H2,1H3;1H. The van der Waals surface area contributed by atoms with E-state index in [1.807, 2.05) is 0 Å². The van der Waals surface area contributed by atoms with Gasteiger partial charge in [-0.05, 0) is 43.3 Å². The van der Waals surface area contributed by atoms with Gasteiger partial charge in [-0.25, -0.2) is 0 Å². The summed E-state index contributed by atoms with van der Waals surface area (Å²) in [5, 5.41) is 5.36. The Bertz CT molecular complexity index is 419. The van der Waals surface area contributed by atoms with E-state index in [-0.39, 0.29) is 18.3 Å². The highest BCUT2D eigenvalue weighted by Crippen LogP contribution is 2.36. The van der Waals surface area contributed by atoms with Crippen LogP contribution in [0.25, 0.3) is 0 Å². The molecule has 1 amide bonds. The van der Waals surface area contributed by atoms with Crippen LogP contribution in [-0.4, -0.2) is 30.4 Å². The third-order valence-corrected chi connectivity index (χ3v) is 5.29. The molecule has 1 aromatic heterocycles. The van der Waals surface area contributed by atoms with Gasteiger partial charge in [-0.1, -0.05) is 13.0 Å². The third kappa shape index (κ3) is 2.81. The number of hydrogen-bond donors (Lipinski definition) is 1. The zero-order valence-electron chi connectivity index (χ0n) is 11.2. The molecule has 0 bridgehead atoms. The molecular formula is C14H21ClN2OS. The molecule has 2 aliphatic rings. The molecule has 5 heteroatoms. The predicted molar refractivity (Wildman–Crippen MR) is 80.8 cm³/mol. The Morgan fingerprint density at radius 1 is 1.53 bits per heavy atom.